The van der Waals surface area contributed by atoms with E-state index in [1.54, 1.807) is 6.33 Å². The Morgan fingerprint density at radius 3 is 2.88 bits per heavy atom. The number of ether oxygens (including phenoxy) is 1. The highest BCUT2D eigenvalue weighted by molar-refractivity contribution is 5.79. The second kappa shape index (κ2) is 8.11. The first-order valence-corrected chi connectivity index (χ1v) is 8.81. The summed E-state index contributed by atoms with van der Waals surface area (Å²) in [4.78, 5) is 4.65. The van der Waals surface area contributed by atoms with Crippen molar-refractivity contribution in [2.75, 3.05) is 19.7 Å². The standard InChI is InChI=1S/C18H26N6O/c1-3-19-17(21-13-18(2)10-7-11-25-18)20-12-16-23-22-14-24(16)15-8-5-4-6-9-15/h4-6,8-9,14H,3,7,10-13H2,1-2H3,(H2,19,20,21). The molecule has 1 aliphatic heterocycles. The summed E-state index contributed by atoms with van der Waals surface area (Å²) < 4.78 is 7.78. The number of hydrogen-bond donors (Lipinski definition) is 2. The summed E-state index contributed by atoms with van der Waals surface area (Å²) in [7, 11) is 0. The molecule has 1 aliphatic rings. The number of para-hydroxylation sites is 1. The molecule has 1 atom stereocenters. The maximum absolute atomic E-state index is 5.82. The van der Waals surface area contributed by atoms with Crippen molar-refractivity contribution in [1.82, 2.24) is 25.4 Å². The van der Waals surface area contributed by atoms with Gasteiger partial charge in [0.2, 0.25) is 0 Å². The SMILES string of the molecule is CCNC(=NCc1nncn1-c1ccccc1)NCC1(C)CCCO1. The molecule has 25 heavy (non-hydrogen) atoms. The van der Waals surface area contributed by atoms with Crippen LogP contribution in [0.1, 0.15) is 32.5 Å². The quantitative estimate of drug-likeness (QED) is 0.619. The predicted molar refractivity (Wildman–Crippen MR) is 97.8 cm³/mol. The third kappa shape index (κ3) is 4.57. The Morgan fingerprint density at radius 2 is 2.16 bits per heavy atom. The van der Waals surface area contributed by atoms with Crippen molar-refractivity contribution >= 4 is 5.96 Å². The Bertz CT molecular complexity index is 691. The van der Waals surface area contributed by atoms with Gasteiger partial charge in [-0.1, -0.05) is 18.2 Å². The van der Waals surface area contributed by atoms with E-state index in [0.29, 0.717) is 6.54 Å². The summed E-state index contributed by atoms with van der Waals surface area (Å²) in [6.07, 6.45) is 3.90. The molecule has 0 amide bonds. The second-order valence-electron chi connectivity index (χ2n) is 6.40. The summed E-state index contributed by atoms with van der Waals surface area (Å²) in [5.74, 6) is 1.56. The van der Waals surface area contributed by atoms with Crippen LogP contribution in [0, 0.1) is 0 Å². The molecule has 0 radical (unpaired) electrons. The average molecular weight is 342 g/mol. The van der Waals surface area contributed by atoms with Gasteiger partial charge in [-0.05, 0) is 38.8 Å². The second-order valence-corrected chi connectivity index (χ2v) is 6.40. The first-order valence-electron chi connectivity index (χ1n) is 8.81. The average Bonchev–Trinajstić information content (AvgIpc) is 3.28. The van der Waals surface area contributed by atoms with Crippen LogP contribution in [-0.4, -0.2) is 46.0 Å². The summed E-state index contributed by atoms with van der Waals surface area (Å²) >= 11 is 0. The molecule has 0 saturated carbocycles. The molecule has 1 aromatic carbocycles. The summed E-state index contributed by atoms with van der Waals surface area (Å²) in [6.45, 7) is 7.02. The molecule has 2 aromatic rings. The van der Waals surface area contributed by atoms with Gasteiger partial charge in [0, 0.05) is 25.4 Å². The van der Waals surface area contributed by atoms with Crippen LogP contribution in [0.15, 0.2) is 41.7 Å². The van der Waals surface area contributed by atoms with Gasteiger partial charge in [0.25, 0.3) is 0 Å². The third-order valence-electron chi connectivity index (χ3n) is 4.31. The van der Waals surface area contributed by atoms with Crippen molar-refractivity contribution in [3.05, 3.63) is 42.5 Å². The van der Waals surface area contributed by atoms with Crippen LogP contribution in [0.3, 0.4) is 0 Å². The Hall–Kier alpha value is -2.41. The number of nitrogens with one attached hydrogen (secondary N) is 2. The largest absolute Gasteiger partial charge is 0.373 e. The van der Waals surface area contributed by atoms with Gasteiger partial charge in [-0.25, -0.2) is 4.99 Å². The van der Waals surface area contributed by atoms with Gasteiger partial charge in [0.1, 0.15) is 12.9 Å². The van der Waals surface area contributed by atoms with E-state index in [1.165, 1.54) is 0 Å². The van der Waals surface area contributed by atoms with Gasteiger partial charge < -0.3 is 15.4 Å². The van der Waals surface area contributed by atoms with Crippen LogP contribution in [0.25, 0.3) is 5.69 Å². The summed E-state index contributed by atoms with van der Waals surface area (Å²) in [6, 6.07) is 10.0. The van der Waals surface area contributed by atoms with E-state index in [4.69, 9.17) is 4.74 Å². The van der Waals surface area contributed by atoms with E-state index >= 15 is 0 Å². The molecule has 134 valence electrons. The Kier molecular flexibility index (Phi) is 5.65. The lowest BCUT2D eigenvalue weighted by Crippen LogP contribution is -2.45. The molecule has 1 aromatic heterocycles. The molecular formula is C18H26N6O. The molecule has 3 rings (SSSR count). The van der Waals surface area contributed by atoms with E-state index in [-0.39, 0.29) is 5.60 Å². The zero-order valence-electron chi connectivity index (χ0n) is 14.9. The number of aromatic nitrogens is 3. The van der Waals surface area contributed by atoms with Gasteiger partial charge in [0.05, 0.1) is 5.60 Å². The molecule has 1 unspecified atom stereocenters. The summed E-state index contributed by atoms with van der Waals surface area (Å²) in [5, 5.41) is 14.9. The molecule has 7 nitrogen and oxygen atoms in total. The highest BCUT2D eigenvalue weighted by Crippen LogP contribution is 2.23. The van der Waals surface area contributed by atoms with E-state index in [9.17, 15) is 0 Å². The first kappa shape index (κ1) is 17.4. The number of hydrogen-bond acceptors (Lipinski definition) is 4. The third-order valence-corrected chi connectivity index (χ3v) is 4.31. The fraction of sp³-hybridized carbons (Fsp3) is 0.500. The molecule has 0 bridgehead atoms. The molecule has 0 spiro atoms. The van der Waals surface area contributed by atoms with E-state index in [1.807, 2.05) is 34.9 Å². The van der Waals surface area contributed by atoms with Crippen molar-refractivity contribution in [3.8, 4) is 5.69 Å². The first-order chi connectivity index (χ1) is 12.2. The van der Waals surface area contributed by atoms with Crippen molar-refractivity contribution in [1.29, 1.82) is 0 Å². The minimum absolute atomic E-state index is 0.111. The van der Waals surface area contributed by atoms with Crippen LogP contribution >= 0.6 is 0 Å². The minimum Gasteiger partial charge on any atom is -0.373 e. The van der Waals surface area contributed by atoms with Crippen molar-refractivity contribution in [3.63, 3.8) is 0 Å². The van der Waals surface area contributed by atoms with Crippen LogP contribution in [0.4, 0.5) is 0 Å². The van der Waals surface area contributed by atoms with Crippen molar-refractivity contribution in [2.45, 2.75) is 38.8 Å². The van der Waals surface area contributed by atoms with Crippen LogP contribution in [-0.2, 0) is 11.3 Å². The maximum atomic E-state index is 5.82. The lowest BCUT2D eigenvalue weighted by Gasteiger charge is -2.24. The van der Waals surface area contributed by atoms with Crippen LogP contribution in [0.5, 0.6) is 0 Å². The monoisotopic (exact) mass is 342 g/mol. The fourth-order valence-electron chi connectivity index (χ4n) is 2.91. The van der Waals surface area contributed by atoms with E-state index < -0.39 is 0 Å². The Morgan fingerprint density at radius 1 is 1.32 bits per heavy atom. The lowest BCUT2D eigenvalue weighted by molar-refractivity contribution is 0.0243. The number of benzene rings is 1. The number of nitrogens with zero attached hydrogens (tertiary/aromatic N) is 4. The predicted octanol–water partition coefficient (Wildman–Crippen LogP) is 1.89. The van der Waals surface area contributed by atoms with Crippen molar-refractivity contribution < 1.29 is 4.74 Å². The molecule has 1 saturated heterocycles. The molecular weight excluding hydrogens is 316 g/mol. The maximum Gasteiger partial charge on any atom is 0.191 e. The van der Waals surface area contributed by atoms with Gasteiger partial charge in [-0.15, -0.1) is 10.2 Å². The number of rotatable bonds is 6. The van der Waals surface area contributed by atoms with Gasteiger partial charge in [-0.3, -0.25) is 4.57 Å². The van der Waals surface area contributed by atoms with Gasteiger partial charge >= 0.3 is 0 Å². The highest BCUT2D eigenvalue weighted by Gasteiger charge is 2.29. The molecule has 0 aliphatic carbocycles. The van der Waals surface area contributed by atoms with E-state index in [2.05, 4.69) is 39.7 Å². The number of guanidine groups is 1. The lowest BCUT2D eigenvalue weighted by atomic mass is 10.0. The Balaban J connectivity index is 1.67. The molecule has 1 fully saturated rings. The zero-order chi connectivity index (χ0) is 17.5. The van der Waals surface area contributed by atoms with Gasteiger partial charge in [0.15, 0.2) is 11.8 Å². The molecule has 2 N–H and O–H groups in total. The van der Waals surface area contributed by atoms with E-state index in [0.717, 1.165) is 50.0 Å². The smallest absolute Gasteiger partial charge is 0.191 e. The normalized spacial score (nSPS) is 20.6. The zero-order valence-corrected chi connectivity index (χ0v) is 14.9. The van der Waals surface area contributed by atoms with Crippen LogP contribution in [0.2, 0.25) is 0 Å². The van der Waals surface area contributed by atoms with Crippen LogP contribution < -0.4 is 10.6 Å². The highest BCUT2D eigenvalue weighted by atomic mass is 16.5. The van der Waals surface area contributed by atoms with Crippen molar-refractivity contribution in [2.24, 2.45) is 4.99 Å². The molecule has 7 heteroatoms. The van der Waals surface area contributed by atoms with Gasteiger partial charge in [-0.2, -0.15) is 0 Å². The Labute approximate surface area is 148 Å². The summed E-state index contributed by atoms with van der Waals surface area (Å²) in [5.41, 5.74) is 0.919. The minimum atomic E-state index is -0.111. The topological polar surface area (TPSA) is 76.4 Å². The molecule has 2 heterocycles. The fourth-order valence-corrected chi connectivity index (χ4v) is 2.91. The number of aliphatic imine (C=N–C) groups is 1.